The molecule has 2 aliphatic heterocycles. The normalized spacial score (nSPS) is 17.3. The zero-order valence-corrected chi connectivity index (χ0v) is 17.2. The molecular formula is C21H19N5O3S. The molecule has 4 rings (SSSR count). The zero-order chi connectivity index (χ0) is 21.1. The Labute approximate surface area is 177 Å². The Balaban J connectivity index is 1.48. The third kappa shape index (κ3) is 3.97. The summed E-state index contributed by atoms with van der Waals surface area (Å²) in [6.45, 7) is 1.92. The number of benzene rings is 2. The molecule has 1 atom stereocenters. The van der Waals surface area contributed by atoms with Crippen molar-refractivity contribution in [3.05, 3.63) is 54.1 Å². The van der Waals surface area contributed by atoms with Crippen LogP contribution in [0.5, 0.6) is 5.75 Å². The molecule has 0 aromatic heterocycles. The number of amides is 2. The highest BCUT2D eigenvalue weighted by atomic mass is 32.2. The van der Waals surface area contributed by atoms with Crippen molar-refractivity contribution in [2.45, 2.75) is 6.92 Å². The van der Waals surface area contributed by atoms with E-state index in [1.165, 1.54) is 6.21 Å². The first-order valence-electron chi connectivity index (χ1n) is 9.23. The molecule has 0 bridgehead atoms. The fraction of sp³-hybridized carbons (Fsp3) is 0.190. The van der Waals surface area contributed by atoms with Crippen molar-refractivity contribution in [3.63, 3.8) is 0 Å². The lowest BCUT2D eigenvalue weighted by molar-refractivity contribution is -0.118. The number of ether oxygens (including phenoxy) is 1. The third-order valence-electron chi connectivity index (χ3n) is 4.57. The van der Waals surface area contributed by atoms with E-state index in [-0.39, 0.29) is 22.7 Å². The molecule has 1 unspecified atom stereocenters. The van der Waals surface area contributed by atoms with Crippen LogP contribution in [0.1, 0.15) is 5.56 Å². The number of fused-ring (bicyclic) bond motifs is 1. The van der Waals surface area contributed by atoms with Gasteiger partial charge in [0.1, 0.15) is 17.4 Å². The summed E-state index contributed by atoms with van der Waals surface area (Å²) >= 11 is 1.11. The van der Waals surface area contributed by atoms with Crippen LogP contribution in [0.4, 0.5) is 11.4 Å². The maximum atomic E-state index is 12.5. The number of rotatable bonds is 5. The molecule has 1 N–H and O–H groups in total. The number of carbonyl (C=O) groups is 2. The first-order chi connectivity index (χ1) is 14.6. The Morgan fingerprint density at radius 3 is 2.73 bits per heavy atom. The van der Waals surface area contributed by atoms with Crippen LogP contribution >= 0.6 is 11.8 Å². The molecule has 0 fully saturated rings. The number of nitrogens with one attached hydrogen (secondary N) is 1. The molecular weight excluding hydrogens is 402 g/mol. The molecule has 2 aromatic rings. The second kappa shape index (κ2) is 8.50. The molecule has 0 saturated carbocycles. The Morgan fingerprint density at radius 2 is 1.93 bits per heavy atom. The molecule has 0 radical (unpaired) electrons. The lowest BCUT2D eigenvalue weighted by Gasteiger charge is -2.21. The van der Waals surface area contributed by atoms with E-state index < -0.39 is 5.92 Å². The van der Waals surface area contributed by atoms with Crippen LogP contribution in [0.3, 0.4) is 0 Å². The number of para-hydroxylation sites is 3. The van der Waals surface area contributed by atoms with Crippen LogP contribution in [0, 0.1) is 12.8 Å². The number of carbonyl (C=O) groups excluding carboxylic acids is 2. The summed E-state index contributed by atoms with van der Waals surface area (Å²) in [7, 11) is 1.57. The fourth-order valence-corrected chi connectivity index (χ4v) is 3.70. The molecule has 0 spiro atoms. The zero-order valence-electron chi connectivity index (χ0n) is 16.4. The van der Waals surface area contributed by atoms with Gasteiger partial charge in [0.2, 0.25) is 5.91 Å². The van der Waals surface area contributed by atoms with Crippen molar-refractivity contribution >= 4 is 52.2 Å². The Morgan fingerprint density at radius 1 is 1.17 bits per heavy atom. The van der Waals surface area contributed by atoms with Gasteiger partial charge in [0, 0.05) is 11.9 Å². The molecule has 0 saturated heterocycles. The summed E-state index contributed by atoms with van der Waals surface area (Å²) in [6, 6.07) is 14.9. The van der Waals surface area contributed by atoms with Gasteiger partial charge in [-0.05, 0) is 30.7 Å². The van der Waals surface area contributed by atoms with Gasteiger partial charge in [-0.1, -0.05) is 42.1 Å². The van der Waals surface area contributed by atoms with E-state index in [1.807, 2.05) is 55.5 Å². The second-order valence-corrected chi connectivity index (χ2v) is 7.52. The topological polar surface area (TPSA) is 95.7 Å². The number of thioether (sulfide) groups is 1. The molecule has 0 aliphatic carbocycles. The van der Waals surface area contributed by atoms with Gasteiger partial charge in [0.15, 0.2) is 11.0 Å². The van der Waals surface area contributed by atoms with Crippen LogP contribution in [-0.2, 0) is 9.59 Å². The van der Waals surface area contributed by atoms with Gasteiger partial charge in [-0.25, -0.2) is 10.0 Å². The summed E-state index contributed by atoms with van der Waals surface area (Å²) < 4.78 is 5.39. The quantitative estimate of drug-likeness (QED) is 0.800. The first kappa shape index (κ1) is 19.8. The monoisotopic (exact) mass is 421 g/mol. The average Bonchev–Trinajstić information content (AvgIpc) is 3.18. The van der Waals surface area contributed by atoms with E-state index in [2.05, 4.69) is 20.4 Å². The number of hydrazone groups is 1. The highest BCUT2D eigenvalue weighted by Gasteiger charge is 2.37. The minimum Gasteiger partial charge on any atom is -0.494 e. The van der Waals surface area contributed by atoms with E-state index in [9.17, 15) is 9.59 Å². The maximum Gasteiger partial charge on any atom is 0.264 e. The van der Waals surface area contributed by atoms with Crippen LogP contribution in [0.25, 0.3) is 0 Å². The van der Waals surface area contributed by atoms with Crippen LogP contribution in [-0.4, -0.2) is 41.9 Å². The van der Waals surface area contributed by atoms with Crippen LogP contribution in [0.2, 0.25) is 0 Å². The molecule has 2 aliphatic rings. The summed E-state index contributed by atoms with van der Waals surface area (Å²) in [5.41, 5.74) is 2.40. The Hall–Kier alpha value is -3.46. The summed E-state index contributed by atoms with van der Waals surface area (Å²) in [6.07, 6.45) is 1.52. The smallest absolute Gasteiger partial charge is 0.264 e. The number of aliphatic imine (C=N–C) groups is 2. The molecule has 9 heteroatoms. The number of nitrogens with zero attached hydrogens (tertiary/aromatic N) is 4. The van der Waals surface area contributed by atoms with Gasteiger partial charge in [-0.15, -0.1) is 0 Å². The predicted octanol–water partition coefficient (Wildman–Crippen LogP) is 3.09. The van der Waals surface area contributed by atoms with E-state index in [1.54, 1.807) is 12.1 Å². The van der Waals surface area contributed by atoms with Crippen molar-refractivity contribution in [1.29, 1.82) is 0 Å². The van der Waals surface area contributed by atoms with Gasteiger partial charge in [-0.3, -0.25) is 9.59 Å². The minimum atomic E-state index is -0.639. The van der Waals surface area contributed by atoms with Gasteiger partial charge >= 0.3 is 0 Å². The summed E-state index contributed by atoms with van der Waals surface area (Å²) in [5.74, 6) is -0.0580. The van der Waals surface area contributed by atoms with Gasteiger partial charge in [0.25, 0.3) is 5.91 Å². The number of anilines is 2. The highest BCUT2D eigenvalue weighted by Crippen LogP contribution is 2.33. The Kier molecular flexibility index (Phi) is 5.62. The molecule has 2 amide bonds. The predicted molar refractivity (Wildman–Crippen MR) is 120 cm³/mol. The van der Waals surface area contributed by atoms with Crippen molar-refractivity contribution < 1.29 is 14.3 Å². The molecule has 30 heavy (non-hydrogen) atoms. The molecule has 8 nitrogen and oxygen atoms in total. The highest BCUT2D eigenvalue weighted by molar-refractivity contribution is 8.14. The van der Waals surface area contributed by atoms with E-state index in [4.69, 9.17) is 4.74 Å². The van der Waals surface area contributed by atoms with Crippen LogP contribution in [0.15, 0.2) is 63.6 Å². The molecule has 152 valence electrons. The van der Waals surface area contributed by atoms with Crippen molar-refractivity contribution in [2.75, 3.05) is 23.2 Å². The number of hydrogen-bond donors (Lipinski definition) is 1. The largest absolute Gasteiger partial charge is 0.494 e. The maximum absolute atomic E-state index is 12.5. The van der Waals surface area contributed by atoms with Crippen LogP contribution < -0.4 is 15.1 Å². The number of hydrogen-bond acceptors (Lipinski definition) is 7. The summed E-state index contributed by atoms with van der Waals surface area (Å²) in [5, 5.41) is 8.98. The average molecular weight is 421 g/mol. The third-order valence-corrected chi connectivity index (χ3v) is 5.42. The second-order valence-electron chi connectivity index (χ2n) is 6.58. The van der Waals surface area contributed by atoms with E-state index in [0.717, 1.165) is 23.0 Å². The first-order valence-corrected chi connectivity index (χ1v) is 10.2. The van der Waals surface area contributed by atoms with Gasteiger partial charge in [0.05, 0.1) is 12.9 Å². The fourth-order valence-electron chi connectivity index (χ4n) is 3.05. The lowest BCUT2D eigenvalue weighted by atomic mass is 10.1. The van der Waals surface area contributed by atoms with Crippen molar-refractivity contribution in [2.24, 2.45) is 21.0 Å². The Bertz CT molecular complexity index is 1100. The van der Waals surface area contributed by atoms with E-state index >= 15 is 0 Å². The van der Waals surface area contributed by atoms with Gasteiger partial charge in [-0.2, -0.15) is 10.1 Å². The van der Waals surface area contributed by atoms with Crippen molar-refractivity contribution in [1.82, 2.24) is 0 Å². The molecule has 2 heterocycles. The van der Waals surface area contributed by atoms with Gasteiger partial charge < -0.3 is 10.1 Å². The number of methoxy groups -OCH3 is 1. The number of aryl methyl sites for hydroxylation is 1. The molecule has 2 aromatic carbocycles. The van der Waals surface area contributed by atoms with E-state index in [0.29, 0.717) is 17.3 Å². The lowest BCUT2D eigenvalue weighted by Crippen LogP contribution is -2.34. The standard InChI is InChI=1S/C21H19N5O3S/c1-13-7-3-4-8-15(13)23-18(27)12-30-21-24-19-14(20(28)25-21)11-22-26(19)16-9-5-6-10-17(16)29-2/h3-11,14H,12H2,1-2H3,(H,23,27). The minimum absolute atomic E-state index is 0.0808. The number of amidine groups is 2. The summed E-state index contributed by atoms with van der Waals surface area (Å²) in [4.78, 5) is 33.3. The van der Waals surface area contributed by atoms with Crippen molar-refractivity contribution in [3.8, 4) is 5.75 Å². The SMILES string of the molecule is COc1ccccc1N1N=CC2C(=O)N=C(SCC(=O)Nc3ccccc3C)N=C21.